The van der Waals surface area contributed by atoms with Crippen molar-refractivity contribution in [2.24, 2.45) is 0 Å². The third-order valence-electron chi connectivity index (χ3n) is 5.63. The van der Waals surface area contributed by atoms with Crippen molar-refractivity contribution in [1.82, 2.24) is 24.3 Å². The number of benzene rings is 1. The standard InChI is InChI=1S/C19H27N5O/c1-3-23-14-15(8-9-22-12-10-21(2)11-13-22)18-20-16-6-4-5-7-17(16)24(18)19(23)25/h4-7,15H,3,8-14H2,1-2H3. The highest BCUT2D eigenvalue weighted by Crippen LogP contribution is 2.30. The molecule has 25 heavy (non-hydrogen) atoms. The van der Waals surface area contributed by atoms with Gasteiger partial charge in [-0.15, -0.1) is 0 Å². The van der Waals surface area contributed by atoms with Gasteiger partial charge in [-0.2, -0.15) is 0 Å². The lowest BCUT2D eigenvalue weighted by atomic mass is 10.0. The van der Waals surface area contributed by atoms with Crippen LogP contribution in [0.25, 0.3) is 11.0 Å². The zero-order chi connectivity index (χ0) is 17.4. The number of likely N-dealkylation sites (N-methyl/N-ethyl adjacent to an activating group) is 2. The highest BCUT2D eigenvalue weighted by atomic mass is 16.2. The quantitative estimate of drug-likeness (QED) is 0.854. The molecule has 1 fully saturated rings. The number of rotatable bonds is 4. The molecule has 2 aromatic rings. The Hall–Kier alpha value is -1.92. The summed E-state index contributed by atoms with van der Waals surface area (Å²) in [5.74, 6) is 1.26. The zero-order valence-corrected chi connectivity index (χ0v) is 15.2. The zero-order valence-electron chi connectivity index (χ0n) is 15.2. The van der Waals surface area contributed by atoms with Crippen molar-refractivity contribution < 1.29 is 4.79 Å². The summed E-state index contributed by atoms with van der Waals surface area (Å²) in [6.07, 6.45) is 1.05. The van der Waals surface area contributed by atoms with E-state index in [4.69, 9.17) is 4.98 Å². The molecule has 0 saturated carbocycles. The number of hydrogen-bond acceptors (Lipinski definition) is 4. The van der Waals surface area contributed by atoms with Crippen molar-refractivity contribution >= 4 is 17.1 Å². The topological polar surface area (TPSA) is 44.6 Å². The van der Waals surface area contributed by atoms with E-state index >= 15 is 0 Å². The van der Waals surface area contributed by atoms with Crippen LogP contribution in [0.2, 0.25) is 0 Å². The lowest BCUT2D eigenvalue weighted by molar-refractivity contribution is 0.144. The first-order valence-corrected chi connectivity index (χ1v) is 9.35. The number of aromatic nitrogens is 2. The molecular weight excluding hydrogens is 314 g/mol. The number of piperazine rings is 1. The van der Waals surface area contributed by atoms with E-state index in [1.54, 1.807) is 0 Å². The van der Waals surface area contributed by atoms with Crippen LogP contribution in [0.3, 0.4) is 0 Å². The average Bonchev–Trinajstić information content (AvgIpc) is 3.03. The smallest absolute Gasteiger partial charge is 0.324 e. The first-order chi connectivity index (χ1) is 12.2. The summed E-state index contributed by atoms with van der Waals surface area (Å²) in [5.41, 5.74) is 1.86. The lowest BCUT2D eigenvalue weighted by Crippen LogP contribution is -2.46. The predicted octanol–water partition coefficient (Wildman–Crippen LogP) is 2.06. The third-order valence-corrected chi connectivity index (χ3v) is 5.63. The highest BCUT2D eigenvalue weighted by Gasteiger charge is 2.33. The summed E-state index contributed by atoms with van der Waals surface area (Å²) in [6, 6.07) is 8.04. The maximum Gasteiger partial charge on any atom is 0.330 e. The van der Waals surface area contributed by atoms with Gasteiger partial charge in [-0.05, 0) is 39.1 Å². The molecule has 3 heterocycles. The van der Waals surface area contributed by atoms with Gasteiger partial charge in [0.05, 0.1) is 11.0 Å². The van der Waals surface area contributed by atoms with Crippen molar-refractivity contribution in [3.8, 4) is 0 Å². The fourth-order valence-corrected chi connectivity index (χ4v) is 3.98. The molecule has 6 heteroatoms. The van der Waals surface area contributed by atoms with Gasteiger partial charge in [0.25, 0.3) is 0 Å². The molecule has 6 nitrogen and oxygen atoms in total. The molecule has 4 rings (SSSR count). The van der Waals surface area contributed by atoms with Crippen molar-refractivity contribution in [2.45, 2.75) is 19.3 Å². The Kier molecular flexibility index (Phi) is 4.48. The summed E-state index contributed by atoms with van der Waals surface area (Å²) in [6.45, 7) is 9.22. The van der Waals surface area contributed by atoms with Crippen LogP contribution in [0.1, 0.15) is 25.1 Å². The van der Waals surface area contributed by atoms with E-state index in [2.05, 4.69) is 23.8 Å². The van der Waals surface area contributed by atoms with E-state index in [9.17, 15) is 4.79 Å². The van der Waals surface area contributed by atoms with E-state index in [0.717, 1.165) is 69.1 Å². The van der Waals surface area contributed by atoms with Gasteiger partial charge in [0.1, 0.15) is 5.82 Å². The van der Waals surface area contributed by atoms with Gasteiger partial charge in [-0.25, -0.2) is 14.3 Å². The number of nitrogens with zero attached hydrogens (tertiary/aromatic N) is 5. The molecule has 1 atom stereocenters. The molecule has 1 aromatic carbocycles. The maximum atomic E-state index is 12.8. The molecule has 0 bridgehead atoms. The molecule has 1 saturated heterocycles. The van der Waals surface area contributed by atoms with Crippen molar-refractivity contribution in [3.05, 3.63) is 30.1 Å². The van der Waals surface area contributed by atoms with Crippen molar-refractivity contribution in [2.75, 3.05) is 52.9 Å². The fraction of sp³-hybridized carbons (Fsp3) is 0.579. The van der Waals surface area contributed by atoms with E-state index in [1.807, 2.05) is 33.7 Å². The summed E-state index contributed by atoms with van der Waals surface area (Å²) in [5, 5.41) is 0. The van der Waals surface area contributed by atoms with Crippen LogP contribution in [-0.2, 0) is 0 Å². The number of amides is 1. The Bertz CT molecular complexity index is 762. The summed E-state index contributed by atoms with van der Waals surface area (Å²) in [7, 11) is 2.19. The van der Waals surface area contributed by atoms with E-state index in [-0.39, 0.29) is 6.03 Å². The van der Waals surface area contributed by atoms with E-state index < -0.39 is 0 Å². The molecule has 1 unspecified atom stereocenters. The van der Waals surface area contributed by atoms with Crippen molar-refractivity contribution in [3.63, 3.8) is 0 Å². The second kappa shape index (κ2) is 6.77. The van der Waals surface area contributed by atoms with E-state index in [0.29, 0.717) is 5.92 Å². The molecule has 134 valence electrons. The van der Waals surface area contributed by atoms with Gasteiger partial charge in [-0.3, -0.25) is 0 Å². The highest BCUT2D eigenvalue weighted by molar-refractivity contribution is 5.91. The normalized spacial score (nSPS) is 22.6. The van der Waals surface area contributed by atoms with Gasteiger partial charge in [0.15, 0.2) is 0 Å². The van der Waals surface area contributed by atoms with Crippen molar-refractivity contribution in [1.29, 1.82) is 0 Å². The molecule has 0 radical (unpaired) electrons. The Morgan fingerprint density at radius 1 is 1.16 bits per heavy atom. The molecule has 0 aliphatic carbocycles. The Balaban J connectivity index is 1.58. The summed E-state index contributed by atoms with van der Waals surface area (Å²) in [4.78, 5) is 24.5. The molecule has 2 aliphatic heterocycles. The second-order valence-electron chi connectivity index (χ2n) is 7.25. The summed E-state index contributed by atoms with van der Waals surface area (Å²) < 4.78 is 1.84. The monoisotopic (exact) mass is 341 g/mol. The number of fused-ring (bicyclic) bond motifs is 3. The second-order valence-corrected chi connectivity index (χ2v) is 7.25. The van der Waals surface area contributed by atoms with E-state index in [1.165, 1.54) is 0 Å². The fourth-order valence-electron chi connectivity index (χ4n) is 3.98. The molecule has 0 spiro atoms. The number of imidazole rings is 1. The first-order valence-electron chi connectivity index (χ1n) is 9.35. The van der Waals surface area contributed by atoms with Crippen LogP contribution in [0.5, 0.6) is 0 Å². The van der Waals surface area contributed by atoms with Crippen LogP contribution < -0.4 is 0 Å². The van der Waals surface area contributed by atoms with Gasteiger partial charge >= 0.3 is 6.03 Å². The minimum absolute atomic E-state index is 0.0713. The van der Waals surface area contributed by atoms with Crippen LogP contribution in [-0.4, -0.2) is 83.1 Å². The minimum Gasteiger partial charge on any atom is -0.324 e. The Morgan fingerprint density at radius 2 is 1.92 bits per heavy atom. The number of para-hydroxylation sites is 2. The van der Waals surface area contributed by atoms with Gasteiger partial charge in [-0.1, -0.05) is 12.1 Å². The Morgan fingerprint density at radius 3 is 2.68 bits per heavy atom. The summed E-state index contributed by atoms with van der Waals surface area (Å²) >= 11 is 0. The largest absolute Gasteiger partial charge is 0.330 e. The van der Waals surface area contributed by atoms with Gasteiger partial charge in [0.2, 0.25) is 0 Å². The maximum absolute atomic E-state index is 12.8. The average molecular weight is 341 g/mol. The number of hydrogen-bond donors (Lipinski definition) is 0. The molecular formula is C19H27N5O. The minimum atomic E-state index is 0.0713. The number of carbonyl (C=O) groups is 1. The number of carbonyl (C=O) groups excluding carboxylic acids is 1. The Labute approximate surface area is 149 Å². The molecule has 2 aliphatic rings. The van der Waals surface area contributed by atoms with Crippen LogP contribution in [0, 0.1) is 0 Å². The molecule has 1 amide bonds. The molecule has 0 N–H and O–H groups in total. The van der Waals surface area contributed by atoms with Gasteiger partial charge < -0.3 is 14.7 Å². The third kappa shape index (κ3) is 3.04. The van der Waals surface area contributed by atoms with Crippen LogP contribution >= 0.6 is 0 Å². The predicted molar refractivity (Wildman–Crippen MR) is 99.1 cm³/mol. The lowest BCUT2D eigenvalue weighted by Gasteiger charge is -2.35. The van der Waals surface area contributed by atoms with Gasteiger partial charge in [0, 0.05) is 45.2 Å². The van der Waals surface area contributed by atoms with Crippen LogP contribution in [0.4, 0.5) is 4.79 Å². The first kappa shape index (κ1) is 16.5. The molecule has 1 aromatic heterocycles. The SMILES string of the molecule is CCN1CC(CCN2CCN(C)CC2)c2nc3ccccc3n2C1=O. The van der Waals surface area contributed by atoms with Crippen LogP contribution in [0.15, 0.2) is 24.3 Å².